The zero-order valence-corrected chi connectivity index (χ0v) is 9.48. The molecule has 0 aliphatic rings. The molecule has 0 saturated heterocycles. The van der Waals surface area contributed by atoms with E-state index in [0.717, 1.165) is 0 Å². The molecule has 0 spiro atoms. The Morgan fingerprint density at radius 2 is 1.92 bits per heavy atom. The highest BCUT2D eigenvalue weighted by Gasteiger charge is 2.00. The van der Waals surface area contributed by atoms with E-state index in [1.165, 1.54) is 36.0 Å². The average Bonchev–Trinajstić information content (AvgIpc) is 2.17. The second-order valence-electron chi connectivity index (χ2n) is 3.43. The zero-order chi connectivity index (χ0) is 10.3. The van der Waals surface area contributed by atoms with Crippen LogP contribution in [-0.2, 0) is 0 Å². The molecule has 0 amide bonds. The maximum Gasteiger partial charge on any atom is -0.0280 e. The lowest BCUT2D eigenvalue weighted by molar-refractivity contribution is 0.789. The van der Waals surface area contributed by atoms with Crippen LogP contribution >= 0.6 is 0 Å². The predicted octanol–water partition coefficient (Wildman–Crippen LogP) is 4.65. The number of hydrogen-bond donors (Lipinski definition) is 0. The van der Waals surface area contributed by atoms with Crippen molar-refractivity contribution in [2.45, 2.75) is 47.0 Å². The van der Waals surface area contributed by atoms with Gasteiger partial charge in [-0.15, -0.1) is 0 Å². The van der Waals surface area contributed by atoms with Crippen molar-refractivity contribution >= 4 is 0 Å². The third-order valence-corrected chi connectivity index (χ3v) is 2.53. The van der Waals surface area contributed by atoms with E-state index in [1.54, 1.807) is 0 Å². The Labute approximate surface area is 83.0 Å². The fourth-order valence-corrected chi connectivity index (χ4v) is 1.32. The summed E-state index contributed by atoms with van der Waals surface area (Å²) in [5.74, 6) is 0. The molecule has 0 fully saturated rings. The summed E-state index contributed by atoms with van der Waals surface area (Å²) in [6, 6.07) is 0. The second kappa shape index (κ2) is 6.71. The van der Waals surface area contributed by atoms with Crippen molar-refractivity contribution in [1.29, 1.82) is 0 Å². The van der Waals surface area contributed by atoms with Gasteiger partial charge in [0, 0.05) is 0 Å². The van der Waals surface area contributed by atoms with Crippen LogP contribution in [0.25, 0.3) is 0 Å². The second-order valence-corrected chi connectivity index (χ2v) is 3.43. The molecule has 0 atom stereocenters. The lowest BCUT2D eigenvalue weighted by Crippen LogP contribution is -1.89. The number of rotatable bonds is 5. The van der Waals surface area contributed by atoms with Crippen LogP contribution in [-0.4, -0.2) is 0 Å². The van der Waals surface area contributed by atoms with Crippen molar-refractivity contribution < 1.29 is 0 Å². The minimum absolute atomic E-state index is 1.20. The molecule has 74 valence electrons. The summed E-state index contributed by atoms with van der Waals surface area (Å²) in [5.41, 5.74) is 4.16. The first kappa shape index (κ1) is 12.2. The molecule has 0 unspecified atom stereocenters. The number of hydrogen-bond acceptors (Lipinski definition) is 0. The van der Waals surface area contributed by atoms with Crippen molar-refractivity contribution in [3.8, 4) is 0 Å². The van der Waals surface area contributed by atoms with Crippen LogP contribution < -0.4 is 0 Å². The zero-order valence-electron chi connectivity index (χ0n) is 9.48. The standard InChI is InChI=1S/C13H22/c1-6-9-10-13(8-3)12(5)11(4)7-2/h7-8H,2,6,9-10H2,1,3-5H3/b12-11-,13-8-. The number of unbranched alkanes of at least 4 members (excludes halogenated alkanes) is 1. The maximum absolute atomic E-state index is 3.79. The van der Waals surface area contributed by atoms with E-state index in [0.29, 0.717) is 0 Å². The molecule has 0 aliphatic heterocycles. The third kappa shape index (κ3) is 4.12. The summed E-state index contributed by atoms with van der Waals surface area (Å²) in [6.45, 7) is 12.4. The highest BCUT2D eigenvalue weighted by Crippen LogP contribution is 2.20. The highest BCUT2D eigenvalue weighted by atomic mass is 14.1. The first-order valence-electron chi connectivity index (χ1n) is 5.12. The molecule has 0 aliphatic carbocycles. The van der Waals surface area contributed by atoms with Crippen molar-refractivity contribution in [3.63, 3.8) is 0 Å². The normalized spacial score (nSPS) is 14.0. The van der Waals surface area contributed by atoms with E-state index in [1.807, 2.05) is 6.08 Å². The fraction of sp³-hybridized carbons (Fsp3) is 0.538. The Bertz CT molecular complexity index is 216. The van der Waals surface area contributed by atoms with Gasteiger partial charge >= 0.3 is 0 Å². The van der Waals surface area contributed by atoms with Crippen molar-refractivity contribution in [3.05, 3.63) is 35.5 Å². The molecular weight excluding hydrogens is 156 g/mol. The minimum atomic E-state index is 1.20. The van der Waals surface area contributed by atoms with Gasteiger partial charge in [0.15, 0.2) is 0 Å². The molecule has 0 saturated carbocycles. The van der Waals surface area contributed by atoms with Gasteiger partial charge in [0.2, 0.25) is 0 Å². The van der Waals surface area contributed by atoms with Crippen LogP contribution in [0.5, 0.6) is 0 Å². The van der Waals surface area contributed by atoms with E-state index in [9.17, 15) is 0 Å². The molecule has 13 heavy (non-hydrogen) atoms. The van der Waals surface area contributed by atoms with Crippen LogP contribution in [0.4, 0.5) is 0 Å². The molecule has 0 heteroatoms. The van der Waals surface area contributed by atoms with Gasteiger partial charge in [-0.1, -0.05) is 32.1 Å². The summed E-state index contributed by atoms with van der Waals surface area (Å²) in [7, 11) is 0. The molecule has 0 aromatic rings. The Morgan fingerprint density at radius 1 is 1.31 bits per heavy atom. The first-order chi connectivity index (χ1) is 6.17. The van der Waals surface area contributed by atoms with Gasteiger partial charge in [0.1, 0.15) is 0 Å². The monoisotopic (exact) mass is 178 g/mol. The minimum Gasteiger partial charge on any atom is -0.0988 e. The van der Waals surface area contributed by atoms with Crippen molar-refractivity contribution in [1.82, 2.24) is 0 Å². The summed E-state index contributed by atoms with van der Waals surface area (Å²) < 4.78 is 0. The molecule has 0 aromatic carbocycles. The van der Waals surface area contributed by atoms with Crippen LogP contribution in [0.3, 0.4) is 0 Å². The van der Waals surface area contributed by atoms with Crippen molar-refractivity contribution in [2.24, 2.45) is 0 Å². The Balaban J connectivity index is 4.51. The molecule has 0 N–H and O–H groups in total. The molecule has 0 aromatic heterocycles. The van der Waals surface area contributed by atoms with Crippen molar-refractivity contribution in [2.75, 3.05) is 0 Å². The van der Waals surface area contributed by atoms with Gasteiger partial charge in [0.05, 0.1) is 0 Å². The highest BCUT2D eigenvalue weighted by molar-refractivity contribution is 5.36. The van der Waals surface area contributed by atoms with E-state index in [2.05, 4.69) is 40.3 Å². The summed E-state index contributed by atoms with van der Waals surface area (Å²) in [5, 5.41) is 0. The van der Waals surface area contributed by atoms with Crippen LogP contribution in [0.15, 0.2) is 35.5 Å². The lowest BCUT2D eigenvalue weighted by Gasteiger charge is -2.08. The largest absolute Gasteiger partial charge is 0.0988 e. The smallest absolute Gasteiger partial charge is 0.0280 e. The van der Waals surface area contributed by atoms with Gasteiger partial charge in [-0.3, -0.25) is 0 Å². The number of allylic oxidation sites excluding steroid dienone is 5. The van der Waals surface area contributed by atoms with Crippen LogP contribution in [0, 0.1) is 0 Å². The van der Waals surface area contributed by atoms with E-state index < -0.39 is 0 Å². The summed E-state index contributed by atoms with van der Waals surface area (Å²) in [4.78, 5) is 0. The van der Waals surface area contributed by atoms with Gasteiger partial charge in [0.25, 0.3) is 0 Å². The molecular formula is C13H22. The quantitative estimate of drug-likeness (QED) is 0.538. The van der Waals surface area contributed by atoms with Gasteiger partial charge in [-0.05, 0) is 50.3 Å². The van der Waals surface area contributed by atoms with E-state index >= 15 is 0 Å². The molecule has 0 heterocycles. The lowest BCUT2D eigenvalue weighted by atomic mass is 9.97. The molecule has 0 bridgehead atoms. The van der Waals surface area contributed by atoms with Gasteiger partial charge < -0.3 is 0 Å². The first-order valence-corrected chi connectivity index (χ1v) is 5.12. The van der Waals surface area contributed by atoms with Crippen LogP contribution in [0.2, 0.25) is 0 Å². The average molecular weight is 178 g/mol. The predicted molar refractivity (Wildman–Crippen MR) is 61.9 cm³/mol. The Kier molecular flexibility index (Phi) is 6.30. The fourth-order valence-electron chi connectivity index (χ4n) is 1.32. The van der Waals surface area contributed by atoms with Gasteiger partial charge in [-0.25, -0.2) is 0 Å². The molecule has 0 radical (unpaired) electrons. The Hall–Kier alpha value is -0.780. The summed E-state index contributed by atoms with van der Waals surface area (Å²) >= 11 is 0. The topological polar surface area (TPSA) is 0 Å². The molecule has 0 nitrogen and oxygen atoms in total. The summed E-state index contributed by atoms with van der Waals surface area (Å²) in [6.07, 6.45) is 7.89. The van der Waals surface area contributed by atoms with Crippen LogP contribution in [0.1, 0.15) is 47.0 Å². The Morgan fingerprint density at radius 3 is 2.31 bits per heavy atom. The third-order valence-electron chi connectivity index (χ3n) is 2.53. The van der Waals surface area contributed by atoms with E-state index in [-0.39, 0.29) is 0 Å². The molecule has 0 rings (SSSR count). The van der Waals surface area contributed by atoms with Gasteiger partial charge in [-0.2, -0.15) is 0 Å². The SMILES string of the molecule is C=C/C(C)=C(C)\C(=C/C)CCCC. The van der Waals surface area contributed by atoms with E-state index in [4.69, 9.17) is 0 Å². The maximum atomic E-state index is 3.79.